The molecule has 3 heterocycles. The van der Waals surface area contributed by atoms with Crippen LogP contribution in [0.2, 0.25) is 0 Å². The lowest BCUT2D eigenvalue weighted by Crippen LogP contribution is -2.37. The highest BCUT2D eigenvalue weighted by Crippen LogP contribution is 2.28. The van der Waals surface area contributed by atoms with Gasteiger partial charge in [-0.25, -0.2) is 4.98 Å². The number of benzene rings is 2. The second-order valence-electron chi connectivity index (χ2n) is 7.71. The summed E-state index contributed by atoms with van der Waals surface area (Å²) in [6.45, 7) is 1.62. The van der Waals surface area contributed by atoms with Crippen molar-refractivity contribution in [1.29, 1.82) is 0 Å². The number of carbonyl (C=O) groups is 1. The Kier molecular flexibility index (Phi) is 5.77. The van der Waals surface area contributed by atoms with E-state index in [9.17, 15) is 4.79 Å². The number of methoxy groups -OCH3 is 1. The summed E-state index contributed by atoms with van der Waals surface area (Å²) in [7, 11) is 1.64. The molecule has 32 heavy (non-hydrogen) atoms. The monoisotopic (exact) mass is 449 g/mol. The Morgan fingerprint density at radius 3 is 2.66 bits per heavy atom. The number of hydrogen-bond acceptors (Lipinski definition) is 8. The SMILES string of the molecule is COc1ccc(-c2nc(COC(=O)C3CCN(c4nc5ccccc5o4)CC3)cs2)cc1. The van der Waals surface area contributed by atoms with Gasteiger partial charge in [-0.15, -0.1) is 11.3 Å². The van der Waals surface area contributed by atoms with Gasteiger partial charge in [-0.3, -0.25) is 4.79 Å². The Bertz CT molecular complexity index is 1180. The quantitative estimate of drug-likeness (QED) is 0.387. The van der Waals surface area contributed by atoms with Crippen molar-refractivity contribution in [2.75, 3.05) is 25.1 Å². The number of hydrogen-bond donors (Lipinski definition) is 0. The van der Waals surface area contributed by atoms with Crippen molar-refractivity contribution in [1.82, 2.24) is 9.97 Å². The first-order valence-electron chi connectivity index (χ1n) is 10.6. The Balaban J connectivity index is 1.13. The van der Waals surface area contributed by atoms with E-state index in [0.717, 1.165) is 33.1 Å². The average molecular weight is 450 g/mol. The lowest BCUT2D eigenvalue weighted by atomic mass is 9.97. The van der Waals surface area contributed by atoms with E-state index in [4.69, 9.17) is 13.9 Å². The number of ether oxygens (including phenoxy) is 2. The van der Waals surface area contributed by atoms with Crippen LogP contribution in [0, 0.1) is 5.92 Å². The van der Waals surface area contributed by atoms with E-state index in [2.05, 4.69) is 14.9 Å². The standard InChI is InChI=1S/C24H23N3O4S/c1-29-19-8-6-16(7-9-19)22-25-18(15-32-22)14-30-23(28)17-10-12-27(13-11-17)24-26-20-4-2-3-5-21(20)31-24/h2-9,15,17H,10-14H2,1H3. The van der Waals surface area contributed by atoms with E-state index >= 15 is 0 Å². The van der Waals surface area contributed by atoms with Gasteiger partial charge in [0.15, 0.2) is 5.58 Å². The van der Waals surface area contributed by atoms with Gasteiger partial charge in [0, 0.05) is 24.0 Å². The third-order valence-corrected chi connectivity index (χ3v) is 6.57. The molecule has 0 unspecified atom stereocenters. The summed E-state index contributed by atoms with van der Waals surface area (Å²) in [6.07, 6.45) is 1.43. The fourth-order valence-corrected chi connectivity index (χ4v) is 4.61. The van der Waals surface area contributed by atoms with Gasteiger partial charge in [0.05, 0.1) is 18.7 Å². The van der Waals surface area contributed by atoms with Crippen LogP contribution in [0.4, 0.5) is 6.01 Å². The van der Waals surface area contributed by atoms with Gasteiger partial charge in [-0.1, -0.05) is 12.1 Å². The Hall–Kier alpha value is -3.39. The fraction of sp³-hybridized carbons (Fsp3) is 0.292. The molecule has 2 aromatic carbocycles. The van der Waals surface area contributed by atoms with Crippen molar-refractivity contribution in [2.45, 2.75) is 19.4 Å². The van der Waals surface area contributed by atoms with Gasteiger partial charge in [0.1, 0.15) is 22.9 Å². The summed E-state index contributed by atoms with van der Waals surface area (Å²) in [5.41, 5.74) is 3.40. The van der Waals surface area contributed by atoms with Gasteiger partial charge in [-0.2, -0.15) is 4.98 Å². The molecule has 7 nitrogen and oxygen atoms in total. The van der Waals surface area contributed by atoms with Crippen LogP contribution < -0.4 is 9.64 Å². The molecule has 1 aliphatic rings. The van der Waals surface area contributed by atoms with Crippen LogP contribution in [-0.4, -0.2) is 36.1 Å². The van der Waals surface area contributed by atoms with E-state index in [0.29, 0.717) is 31.9 Å². The lowest BCUT2D eigenvalue weighted by Gasteiger charge is -2.29. The summed E-state index contributed by atoms with van der Waals surface area (Å²) in [6, 6.07) is 16.1. The van der Waals surface area contributed by atoms with Gasteiger partial charge < -0.3 is 18.8 Å². The van der Waals surface area contributed by atoms with Crippen LogP contribution in [-0.2, 0) is 16.1 Å². The number of oxazole rings is 1. The molecular weight excluding hydrogens is 426 g/mol. The largest absolute Gasteiger partial charge is 0.497 e. The average Bonchev–Trinajstić information content (AvgIpc) is 3.50. The number of fused-ring (bicyclic) bond motifs is 1. The van der Waals surface area contributed by atoms with E-state index in [1.807, 2.05) is 53.9 Å². The number of carbonyl (C=O) groups excluding carboxylic acids is 1. The van der Waals surface area contributed by atoms with Crippen LogP contribution >= 0.6 is 11.3 Å². The second kappa shape index (κ2) is 9.00. The minimum atomic E-state index is -0.166. The number of esters is 1. The first-order chi connectivity index (χ1) is 15.7. The van der Waals surface area contributed by atoms with Crippen LogP contribution in [0.15, 0.2) is 58.3 Å². The summed E-state index contributed by atoms with van der Waals surface area (Å²) >= 11 is 1.54. The van der Waals surface area contributed by atoms with Gasteiger partial charge in [-0.05, 0) is 49.2 Å². The van der Waals surface area contributed by atoms with Gasteiger partial charge in [0.2, 0.25) is 0 Å². The Morgan fingerprint density at radius 2 is 1.91 bits per heavy atom. The number of anilines is 1. The topological polar surface area (TPSA) is 77.7 Å². The molecule has 0 spiro atoms. The smallest absolute Gasteiger partial charge is 0.309 e. The molecule has 2 aromatic heterocycles. The summed E-state index contributed by atoms with van der Waals surface area (Å²) in [5, 5.41) is 2.83. The van der Waals surface area contributed by atoms with Crippen LogP contribution in [0.5, 0.6) is 5.75 Å². The number of para-hydroxylation sites is 2. The molecule has 1 aliphatic heterocycles. The molecule has 1 saturated heterocycles. The first-order valence-corrected chi connectivity index (χ1v) is 11.4. The Labute approximate surface area is 189 Å². The maximum absolute atomic E-state index is 12.6. The highest BCUT2D eigenvalue weighted by molar-refractivity contribution is 7.13. The number of rotatable bonds is 6. The number of thiazole rings is 1. The summed E-state index contributed by atoms with van der Waals surface area (Å²) in [4.78, 5) is 23.8. The zero-order valence-electron chi connectivity index (χ0n) is 17.7. The molecule has 164 valence electrons. The van der Waals surface area contributed by atoms with Crippen molar-refractivity contribution in [2.24, 2.45) is 5.92 Å². The van der Waals surface area contributed by atoms with Crippen LogP contribution in [0.1, 0.15) is 18.5 Å². The van der Waals surface area contributed by atoms with Crippen LogP contribution in [0.3, 0.4) is 0 Å². The Morgan fingerprint density at radius 1 is 1.12 bits per heavy atom. The van der Waals surface area contributed by atoms with Gasteiger partial charge >= 0.3 is 5.97 Å². The molecule has 5 rings (SSSR count). The number of piperidine rings is 1. The summed E-state index contributed by atoms with van der Waals surface area (Å²) in [5.74, 6) is 0.526. The molecule has 0 radical (unpaired) electrons. The molecular formula is C24H23N3O4S. The van der Waals surface area contributed by atoms with E-state index < -0.39 is 0 Å². The highest BCUT2D eigenvalue weighted by Gasteiger charge is 2.28. The highest BCUT2D eigenvalue weighted by atomic mass is 32.1. The summed E-state index contributed by atoms with van der Waals surface area (Å²) < 4.78 is 16.6. The normalized spacial score (nSPS) is 14.6. The fourth-order valence-electron chi connectivity index (χ4n) is 3.80. The van der Waals surface area contributed by atoms with Gasteiger partial charge in [0.25, 0.3) is 6.01 Å². The van der Waals surface area contributed by atoms with E-state index in [-0.39, 0.29) is 18.5 Å². The predicted octanol–water partition coefficient (Wildman–Crippen LogP) is 4.92. The lowest BCUT2D eigenvalue weighted by molar-refractivity contribution is -0.150. The second-order valence-corrected chi connectivity index (χ2v) is 8.56. The van der Waals surface area contributed by atoms with Crippen molar-refractivity contribution >= 4 is 34.4 Å². The maximum atomic E-state index is 12.6. The van der Waals surface area contributed by atoms with E-state index in [1.54, 1.807) is 7.11 Å². The maximum Gasteiger partial charge on any atom is 0.309 e. The molecule has 0 N–H and O–H groups in total. The third-order valence-electron chi connectivity index (χ3n) is 5.63. The van der Waals surface area contributed by atoms with Crippen molar-refractivity contribution < 1.29 is 18.7 Å². The molecule has 8 heteroatoms. The predicted molar refractivity (Wildman–Crippen MR) is 123 cm³/mol. The zero-order chi connectivity index (χ0) is 21.9. The van der Waals surface area contributed by atoms with Crippen molar-refractivity contribution in [3.63, 3.8) is 0 Å². The molecule has 1 fully saturated rings. The van der Waals surface area contributed by atoms with Crippen LogP contribution in [0.25, 0.3) is 21.7 Å². The molecule has 0 atom stereocenters. The third kappa shape index (κ3) is 4.31. The molecule has 0 bridgehead atoms. The molecule has 0 saturated carbocycles. The van der Waals surface area contributed by atoms with Crippen molar-refractivity contribution in [3.8, 4) is 16.3 Å². The van der Waals surface area contributed by atoms with E-state index in [1.165, 1.54) is 11.3 Å². The van der Waals surface area contributed by atoms with Crippen molar-refractivity contribution in [3.05, 3.63) is 59.6 Å². The minimum absolute atomic E-state index is 0.115. The molecule has 0 aliphatic carbocycles. The molecule has 0 amide bonds. The number of nitrogens with zero attached hydrogens (tertiary/aromatic N) is 3. The first kappa shape index (κ1) is 20.5. The number of aromatic nitrogens is 2. The minimum Gasteiger partial charge on any atom is -0.497 e. The zero-order valence-corrected chi connectivity index (χ0v) is 18.5. The molecule has 4 aromatic rings.